The molecule has 0 radical (unpaired) electrons. The molecule has 0 bridgehead atoms. The highest BCUT2D eigenvalue weighted by atomic mass is 35.5. The maximum atomic E-state index is 11.3. The van der Waals surface area contributed by atoms with E-state index in [4.69, 9.17) is 22.1 Å². The number of carbonyl (C=O) groups excluding carboxylic acids is 1. The van der Waals surface area contributed by atoms with Crippen LogP contribution < -0.4 is 10.5 Å². The van der Waals surface area contributed by atoms with Gasteiger partial charge in [0.2, 0.25) is 0 Å². The van der Waals surface area contributed by atoms with E-state index >= 15 is 0 Å². The van der Waals surface area contributed by atoms with Crippen molar-refractivity contribution < 1.29 is 19.7 Å². The molecule has 0 saturated carbocycles. The van der Waals surface area contributed by atoms with Crippen LogP contribution in [0.2, 0.25) is 5.15 Å². The molecule has 0 fully saturated rings. The number of amides is 1. The summed E-state index contributed by atoms with van der Waals surface area (Å²) in [5.41, 5.74) is 6.81. The van der Waals surface area contributed by atoms with Gasteiger partial charge in [-0.15, -0.1) is 5.10 Å². The van der Waals surface area contributed by atoms with Gasteiger partial charge < -0.3 is 25.3 Å². The summed E-state index contributed by atoms with van der Waals surface area (Å²) in [7, 11) is 1.81. The zero-order valence-corrected chi connectivity index (χ0v) is 15.3. The molecule has 4 N–H and O–H groups in total. The number of phenols is 2. The Kier molecular flexibility index (Phi) is 4.08. The molecule has 28 heavy (non-hydrogen) atoms. The molecule has 4 aromatic rings. The van der Waals surface area contributed by atoms with Crippen molar-refractivity contribution in [3.8, 4) is 34.6 Å². The number of fused-ring (bicyclic) bond motifs is 1. The van der Waals surface area contributed by atoms with E-state index in [0.717, 1.165) is 10.9 Å². The summed E-state index contributed by atoms with van der Waals surface area (Å²) in [6, 6.07) is 11.0. The van der Waals surface area contributed by atoms with E-state index < -0.39 is 6.09 Å². The number of primary amides is 1. The highest BCUT2D eigenvalue weighted by Gasteiger charge is 2.23. The first kappa shape index (κ1) is 17.7. The monoisotopic (exact) mass is 399 g/mol. The number of aromatic nitrogens is 4. The second-order valence-corrected chi connectivity index (χ2v) is 6.39. The van der Waals surface area contributed by atoms with Gasteiger partial charge in [0.25, 0.3) is 0 Å². The summed E-state index contributed by atoms with van der Waals surface area (Å²) >= 11 is 6.26. The van der Waals surface area contributed by atoms with E-state index in [0.29, 0.717) is 10.8 Å². The largest absolute Gasteiger partial charge is 0.508 e. The first-order valence-corrected chi connectivity index (χ1v) is 8.44. The normalized spacial score (nSPS) is 11.1. The lowest BCUT2D eigenvalue weighted by atomic mass is 10.1. The summed E-state index contributed by atoms with van der Waals surface area (Å²) < 4.78 is 8.24. The highest BCUT2D eigenvalue weighted by molar-refractivity contribution is 6.31. The number of phenolic OH excluding ortho intramolecular Hbond substituents is 2. The summed E-state index contributed by atoms with van der Waals surface area (Å²) in [5.74, 6) is -0.156. The second-order valence-electron chi connectivity index (χ2n) is 6.00. The number of rotatable bonds is 3. The smallest absolute Gasteiger partial charge is 0.412 e. The number of halogens is 1. The van der Waals surface area contributed by atoms with Gasteiger partial charge in [0.15, 0.2) is 5.82 Å². The second kappa shape index (κ2) is 6.46. The van der Waals surface area contributed by atoms with Crippen molar-refractivity contribution in [3.05, 3.63) is 47.6 Å². The van der Waals surface area contributed by atoms with Gasteiger partial charge in [0.05, 0.1) is 16.8 Å². The van der Waals surface area contributed by atoms with Gasteiger partial charge in [0.1, 0.15) is 16.7 Å². The SMILES string of the molecule is Cn1c(Cl)cc2c(-n3c(OC(N)=O)nnc3-c3ccc(O)cc3O)cccc21. The molecule has 0 unspecified atom stereocenters. The number of ether oxygens (including phenoxy) is 1. The van der Waals surface area contributed by atoms with Crippen LogP contribution in [0, 0.1) is 0 Å². The number of aromatic hydroxyl groups is 2. The molecule has 4 rings (SSSR count). The van der Waals surface area contributed by atoms with Crippen molar-refractivity contribution >= 4 is 28.6 Å². The van der Waals surface area contributed by atoms with E-state index in [-0.39, 0.29) is 28.9 Å². The van der Waals surface area contributed by atoms with Crippen molar-refractivity contribution in [2.45, 2.75) is 0 Å². The molecule has 0 aliphatic rings. The summed E-state index contributed by atoms with van der Waals surface area (Å²) in [6.07, 6.45) is -1.06. The minimum absolute atomic E-state index is 0.113. The Balaban J connectivity index is 2.04. The number of nitrogens with zero attached hydrogens (tertiary/aromatic N) is 4. The first-order valence-electron chi connectivity index (χ1n) is 8.06. The average Bonchev–Trinajstić information content (AvgIpc) is 3.16. The van der Waals surface area contributed by atoms with E-state index in [2.05, 4.69) is 10.2 Å². The van der Waals surface area contributed by atoms with Gasteiger partial charge in [-0.25, -0.2) is 9.36 Å². The molecule has 9 nitrogen and oxygen atoms in total. The number of hydrogen-bond donors (Lipinski definition) is 3. The average molecular weight is 400 g/mol. The van der Waals surface area contributed by atoms with Crippen molar-refractivity contribution in [1.29, 1.82) is 0 Å². The summed E-state index contributed by atoms with van der Waals surface area (Å²) in [4.78, 5) is 11.3. The lowest BCUT2D eigenvalue weighted by molar-refractivity contribution is 0.206. The van der Waals surface area contributed by atoms with E-state index in [1.54, 1.807) is 22.8 Å². The molecule has 0 atom stereocenters. The fourth-order valence-corrected chi connectivity index (χ4v) is 3.23. The maximum absolute atomic E-state index is 11.3. The molecule has 2 heterocycles. The Morgan fingerprint density at radius 1 is 1.18 bits per heavy atom. The Morgan fingerprint density at radius 3 is 2.68 bits per heavy atom. The Hall–Kier alpha value is -3.72. The van der Waals surface area contributed by atoms with Crippen LogP contribution in [-0.4, -0.2) is 35.6 Å². The third kappa shape index (κ3) is 2.78. The van der Waals surface area contributed by atoms with Gasteiger partial charge in [0, 0.05) is 18.5 Å². The molecular formula is C18H14ClN5O4. The number of carbonyl (C=O) groups is 1. The zero-order valence-electron chi connectivity index (χ0n) is 14.5. The van der Waals surface area contributed by atoms with Crippen LogP contribution >= 0.6 is 11.6 Å². The molecular weight excluding hydrogens is 386 g/mol. The van der Waals surface area contributed by atoms with Crippen molar-refractivity contribution in [2.75, 3.05) is 0 Å². The molecule has 10 heteroatoms. The molecule has 142 valence electrons. The van der Waals surface area contributed by atoms with Crippen molar-refractivity contribution in [3.63, 3.8) is 0 Å². The van der Waals surface area contributed by atoms with E-state index in [9.17, 15) is 15.0 Å². The Bertz CT molecular complexity index is 1230. The minimum atomic E-state index is -1.06. The Labute approximate surface area is 163 Å². The summed E-state index contributed by atoms with van der Waals surface area (Å²) in [6.45, 7) is 0. The van der Waals surface area contributed by atoms with E-state index in [1.807, 2.05) is 13.1 Å². The molecule has 1 amide bonds. The lowest BCUT2D eigenvalue weighted by Gasteiger charge is -2.12. The van der Waals surface area contributed by atoms with Gasteiger partial charge in [-0.1, -0.05) is 22.8 Å². The van der Waals surface area contributed by atoms with Crippen LogP contribution in [0.4, 0.5) is 4.79 Å². The predicted molar refractivity (Wildman–Crippen MR) is 102 cm³/mol. The van der Waals surface area contributed by atoms with E-state index in [1.165, 1.54) is 22.8 Å². The molecule has 2 aromatic carbocycles. The minimum Gasteiger partial charge on any atom is -0.508 e. The van der Waals surface area contributed by atoms with Crippen LogP contribution in [0.3, 0.4) is 0 Å². The third-order valence-corrected chi connectivity index (χ3v) is 4.66. The number of nitrogens with two attached hydrogens (primary N) is 1. The van der Waals surface area contributed by atoms with Crippen LogP contribution in [0.15, 0.2) is 42.5 Å². The number of benzene rings is 2. The van der Waals surface area contributed by atoms with Crippen LogP contribution in [-0.2, 0) is 7.05 Å². The highest BCUT2D eigenvalue weighted by Crippen LogP contribution is 2.37. The number of hydrogen-bond acceptors (Lipinski definition) is 6. The molecule has 0 aliphatic carbocycles. The predicted octanol–water partition coefficient (Wildman–Crippen LogP) is 2.95. The molecule has 0 aliphatic heterocycles. The maximum Gasteiger partial charge on any atom is 0.412 e. The topological polar surface area (TPSA) is 128 Å². The van der Waals surface area contributed by atoms with Crippen molar-refractivity contribution in [1.82, 2.24) is 19.3 Å². The third-order valence-electron chi connectivity index (χ3n) is 4.29. The number of aryl methyl sites for hydroxylation is 1. The fourth-order valence-electron chi connectivity index (χ4n) is 3.03. The summed E-state index contributed by atoms with van der Waals surface area (Å²) in [5, 5.41) is 29.0. The standard InChI is InChI=1S/C18H14ClN5O4/c1-23-12-3-2-4-13(11(12)8-15(23)19)24-16(21-22-18(24)28-17(20)27)10-6-5-9(25)7-14(10)26/h2-8,25-26H,1H3,(H2,20,27). The zero-order chi connectivity index (χ0) is 20.0. The van der Waals surface area contributed by atoms with Gasteiger partial charge in [-0.05, 0) is 30.3 Å². The van der Waals surface area contributed by atoms with Crippen LogP contribution in [0.5, 0.6) is 17.5 Å². The first-order chi connectivity index (χ1) is 13.4. The van der Waals surface area contributed by atoms with Gasteiger partial charge >= 0.3 is 12.1 Å². The van der Waals surface area contributed by atoms with Gasteiger partial charge in [-0.3, -0.25) is 0 Å². The fraction of sp³-hybridized carbons (Fsp3) is 0.0556. The molecule has 2 aromatic heterocycles. The molecule has 0 saturated heterocycles. The van der Waals surface area contributed by atoms with Gasteiger partial charge in [-0.2, -0.15) is 0 Å². The van der Waals surface area contributed by atoms with Crippen molar-refractivity contribution in [2.24, 2.45) is 12.8 Å². The molecule has 0 spiro atoms. The van der Waals surface area contributed by atoms with Crippen LogP contribution in [0.25, 0.3) is 28.0 Å². The van der Waals surface area contributed by atoms with Crippen LogP contribution in [0.1, 0.15) is 0 Å². The lowest BCUT2D eigenvalue weighted by Crippen LogP contribution is -2.18. The Morgan fingerprint density at radius 2 is 1.96 bits per heavy atom. The quantitative estimate of drug-likeness (QED) is 0.485.